The highest BCUT2D eigenvalue weighted by molar-refractivity contribution is 7.91. The number of nitrogens with zero attached hydrogens (tertiary/aromatic N) is 3. The van der Waals surface area contributed by atoms with Crippen LogP contribution in [-0.2, 0) is 22.7 Å². The standard InChI is InChI=1S/C10H17N3O3S/c1-3-9-11-10(4-2)13(12-9)7-5-17(15,16)6-8(7)14/h7-8,14H,3-6H2,1-2H3. The number of aryl methyl sites for hydroxylation is 2. The molecule has 7 heteroatoms. The second-order valence-electron chi connectivity index (χ2n) is 4.31. The lowest BCUT2D eigenvalue weighted by atomic mass is 10.2. The van der Waals surface area contributed by atoms with E-state index >= 15 is 0 Å². The van der Waals surface area contributed by atoms with Gasteiger partial charge in [-0.25, -0.2) is 18.1 Å². The fourth-order valence-electron chi connectivity index (χ4n) is 2.11. The first kappa shape index (κ1) is 12.5. The van der Waals surface area contributed by atoms with Crippen LogP contribution in [0.3, 0.4) is 0 Å². The lowest BCUT2D eigenvalue weighted by molar-refractivity contribution is 0.144. The van der Waals surface area contributed by atoms with Crippen LogP contribution in [0.25, 0.3) is 0 Å². The van der Waals surface area contributed by atoms with Gasteiger partial charge >= 0.3 is 0 Å². The lowest BCUT2D eigenvalue weighted by Gasteiger charge is -2.14. The highest BCUT2D eigenvalue weighted by atomic mass is 32.2. The lowest BCUT2D eigenvalue weighted by Crippen LogP contribution is -2.24. The van der Waals surface area contributed by atoms with E-state index in [4.69, 9.17) is 0 Å². The van der Waals surface area contributed by atoms with Gasteiger partial charge in [0.1, 0.15) is 5.82 Å². The number of hydrogen-bond donors (Lipinski definition) is 1. The van der Waals surface area contributed by atoms with E-state index < -0.39 is 22.0 Å². The zero-order chi connectivity index (χ0) is 12.6. The summed E-state index contributed by atoms with van der Waals surface area (Å²) in [7, 11) is -3.15. The van der Waals surface area contributed by atoms with Gasteiger partial charge in [0.05, 0.1) is 23.7 Å². The monoisotopic (exact) mass is 259 g/mol. The van der Waals surface area contributed by atoms with Crippen LogP contribution in [0.2, 0.25) is 0 Å². The molecular weight excluding hydrogens is 242 g/mol. The van der Waals surface area contributed by atoms with Gasteiger partial charge in [0.15, 0.2) is 15.7 Å². The van der Waals surface area contributed by atoms with Gasteiger partial charge in [-0.15, -0.1) is 0 Å². The molecule has 0 saturated carbocycles. The molecule has 6 nitrogen and oxygen atoms in total. The van der Waals surface area contributed by atoms with E-state index in [0.29, 0.717) is 18.7 Å². The quantitative estimate of drug-likeness (QED) is 0.808. The minimum absolute atomic E-state index is 0.0479. The molecule has 0 aromatic carbocycles. The van der Waals surface area contributed by atoms with Gasteiger partial charge in [0.25, 0.3) is 0 Å². The maximum absolute atomic E-state index is 11.5. The predicted molar refractivity (Wildman–Crippen MR) is 62.5 cm³/mol. The van der Waals surface area contributed by atoms with Crippen molar-refractivity contribution in [3.8, 4) is 0 Å². The molecule has 1 aromatic heterocycles. The molecule has 1 aliphatic heterocycles. The van der Waals surface area contributed by atoms with Gasteiger partial charge in [0, 0.05) is 12.8 Å². The molecule has 1 saturated heterocycles. The fourth-order valence-corrected chi connectivity index (χ4v) is 3.87. The molecule has 1 aromatic rings. The maximum atomic E-state index is 11.5. The van der Waals surface area contributed by atoms with Gasteiger partial charge in [-0.1, -0.05) is 13.8 Å². The van der Waals surface area contributed by atoms with E-state index in [0.717, 1.165) is 5.82 Å². The van der Waals surface area contributed by atoms with Crippen LogP contribution in [0.1, 0.15) is 31.5 Å². The van der Waals surface area contributed by atoms with Crippen molar-refractivity contribution < 1.29 is 13.5 Å². The zero-order valence-electron chi connectivity index (χ0n) is 10.00. The molecule has 0 radical (unpaired) electrons. The Kier molecular flexibility index (Phi) is 3.22. The number of aromatic nitrogens is 3. The van der Waals surface area contributed by atoms with E-state index in [1.165, 1.54) is 0 Å². The Morgan fingerprint density at radius 2 is 2.06 bits per heavy atom. The molecule has 0 amide bonds. The number of sulfone groups is 1. The third-order valence-corrected chi connectivity index (χ3v) is 4.68. The third kappa shape index (κ3) is 2.35. The molecule has 2 heterocycles. The van der Waals surface area contributed by atoms with Crippen molar-refractivity contribution in [3.63, 3.8) is 0 Å². The van der Waals surface area contributed by atoms with Gasteiger partial charge < -0.3 is 5.11 Å². The molecule has 1 aliphatic rings. The Morgan fingerprint density at radius 1 is 1.35 bits per heavy atom. The molecule has 0 spiro atoms. The molecular formula is C10H17N3O3S. The van der Waals surface area contributed by atoms with Gasteiger partial charge in [-0.2, -0.15) is 5.10 Å². The summed E-state index contributed by atoms with van der Waals surface area (Å²) in [4.78, 5) is 4.32. The molecule has 1 N–H and O–H groups in total. The third-order valence-electron chi connectivity index (χ3n) is 2.99. The van der Waals surface area contributed by atoms with Crippen LogP contribution in [0.15, 0.2) is 0 Å². The van der Waals surface area contributed by atoms with Crippen LogP contribution in [-0.4, -0.2) is 45.9 Å². The summed E-state index contributed by atoms with van der Waals surface area (Å²) in [5.41, 5.74) is 0. The number of aliphatic hydroxyl groups is 1. The van der Waals surface area contributed by atoms with Crippen molar-refractivity contribution >= 4 is 9.84 Å². The minimum atomic E-state index is -3.15. The van der Waals surface area contributed by atoms with Crippen LogP contribution < -0.4 is 0 Å². The van der Waals surface area contributed by atoms with E-state index in [9.17, 15) is 13.5 Å². The van der Waals surface area contributed by atoms with Crippen molar-refractivity contribution in [1.82, 2.24) is 14.8 Å². The highest BCUT2D eigenvalue weighted by Crippen LogP contribution is 2.25. The number of aliphatic hydroxyl groups excluding tert-OH is 1. The van der Waals surface area contributed by atoms with Crippen LogP contribution in [0.5, 0.6) is 0 Å². The van der Waals surface area contributed by atoms with Crippen molar-refractivity contribution in [2.75, 3.05) is 11.5 Å². The van der Waals surface area contributed by atoms with Gasteiger partial charge in [-0.3, -0.25) is 0 Å². The van der Waals surface area contributed by atoms with E-state index in [1.807, 2.05) is 13.8 Å². The van der Waals surface area contributed by atoms with E-state index in [2.05, 4.69) is 10.1 Å². The second-order valence-corrected chi connectivity index (χ2v) is 6.46. The summed E-state index contributed by atoms with van der Waals surface area (Å²) in [6.45, 7) is 3.89. The summed E-state index contributed by atoms with van der Waals surface area (Å²) in [6.07, 6.45) is 0.503. The van der Waals surface area contributed by atoms with Crippen LogP contribution in [0, 0.1) is 0 Å². The van der Waals surface area contributed by atoms with Crippen molar-refractivity contribution in [2.45, 2.75) is 38.8 Å². The molecule has 0 aliphatic carbocycles. The summed E-state index contributed by atoms with van der Waals surface area (Å²) in [5, 5.41) is 14.1. The Morgan fingerprint density at radius 3 is 2.53 bits per heavy atom. The maximum Gasteiger partial charge on any atom is 0.155 e. The summed E-state index contributed by atoms with van der Waals surface area (Å²) in [6, 6.07) is -0.484. The molecule has 96 valence electrons. The molecule has 2 rings (SSSR count). The molecule has 0 bridgehead atoms. The Bertz CT molecular complexity index is 509. The molecule has 17 heavy (non-hydrogen) atoms. The highest BCUT2D eigenvalue weighted by Gasteiger charge is 2.39. The van der Waals surface area contributed by atoms with Crippen LogP contribution >= 0.6 is 0 Å². The van der Waals surface area contributed by atoms with Crippen molar-refractivity contribution in [1.29, 1.82) is 0 Å². The summed E-state index contributed by atoms with van der Waals surface area (Å²) >= 11 is 0. The predicted octanol–water partition coefficient (Wildman–Crippen LogP) is -0.267. The second kappa shape index (κ2) is 4.38. The zero-order valence-corrected chi connectivity index (χ0v) is 10.8. The first-order valence-electron chi connectivity index (χ1n) is 5.79. The topological polar surface area (TPSA) is 85.1 Å². The first-order chi connectivity index (χ1) is 7.96. The Labute approximate surface area is 101 Å². The Balaban J connectivity index is 2.37. The summed E-state index contributed by atoms with van der Waals surface area (Å²) < 4.78 is 24.5. The normalized spacial score (nSPS) is 27.5. The van der Waals surface area contributed by atoms with Gasteiger partial charge in [-0.05, 0) is 0 Å². The van der Waals surface area contributed by atoms with E-state index in [1.54, 1.807) is 4.68 Å². The first-order valence-corrected chi connectivity index (χ1v) is 7.61. The average molecular weight is 259 g/mol. The smallest absolute Gasteiger partial charge is 0.155 e. The average Bonchev–Trinajstić information content (AvgIpc) is 2.78. The van der Waals surface area contributed by atoms with Crippen molar-refractivity contribution in [2.24, 2.45) is 0 Å². The molecule has 1 fully saturated rings. The summed E-state index contributed by atoms with van der Waals surface area (Å²) in [5.74, 6) is 1.21. The fraction of sp³-hybridized carbons (Fsp3) is 0.800. The van der Waals surface area contributed by atoms with Crippen LogP contribution in [0.4, 0.5) is 0 Å². The largest absolute Gasteiger partial charge is 0.390 e. The SMILES string of the molecule is CCc1nc(CC)n(C2CS(=O)(=O)CC2O)n1. The Hall–Kier alpha value is -0.950. The van der Waals surface area contributed by atoms with Crippen molar-refractivity contribution in [3.05, 3.63) is 11.6 Å². The number of rotatable bonds is 3. The number of hydrogen-bond acceptors (Lipinski definition) is 5. The van der Waals surface area contributed by atoms with E-state index in [-0.39, 0.29) is 11.5 Å². The van der Waals surface area contributed by atoms with Gasteiger partial charge in [0.2, 0.25) is 0 Å². The minimum Gasteiger partial charge on any atom is -0.390 e. The molecule has 2 unspecified atom stereocenters. The molecule has 2 atom stereocenters.